The zero-order chi connectivity index (χ0) is 15.2. The second kappa shape index (κ2) is 7.69. The topological polar surface area (TPSA) is 44.5 Å². The lowest BCUT2D eigenvalue weighted by molar-refractivity contribution is 0.215. The molecule has 112 valence electrons. The second-order valence-electron chi connectivity index (χ2n) is 4.63. The van der Waals surface area contributed by atoms with Crippen LogP contribution in [0.5, 0.6) is 11.5 Å². The van der Waals surface area contributed by atoms with E-state index in [9.17, 15) is 0 Å². The summed E-state index contributed by atoms with van der Waals surface area (Å²) in [5, 5.41) is 0.653. The van der Waals surface area contributed by atoms with Crippen molar-refractivity contribution < 1.29 is 9.47 Å². The van der Waals surface area contributed by atoms with Crippen LogP contribution in [0.1, 0.15) is 18.5 Å². The largest absolute Gasteiger partial charge is 0.490 e. The zero-order valence-corrected chi connectivity index (χ0v) is 14.0. The van der Waals surface area contributed by atoms with Crippen LogP contribution in [0.3, 0.4) is 0 Å². The fourth-order valence-corrected chi connectivity index (χ4v) is 2.43. The molecule has 2 aromatic rings. The molecule has 0 heterocycles. The lowest BCUT2D eigenvalue weighted by Gasteiger charge is -2.14. The van der Waals surface area contributed by atoms with Gasteiger partial charge in [-0.3, -0.25) is 0 Å². The lowest BCUT2D eigenvalue weighted by atomic mass is 10.1. The van der Waals surface area contributed by atoms with Crippen LogP contribution in [-0.4, -0.2) is 13.2 Å². The van der Waals surface area contributed by atoms with E-state index in [1.807, 2.05) is 43.3 Å². The Morgan fingerprint density at radius 1 is 1.14 bits per heavy atom. The molecule has 0 amide bonds. The van der Waals surface area contributed by atoms with Gasteiger partial charge in [-0.25, -0.2) is 0 Å². The normalized spacial score (nSPS) is 12.0. The first-order valence-corrected chi connectivity index (χ1v) is 7.79. The van der Waals surface area contributed by atoms with Gasteiger partial charge in [-0.2, -0.15) is 0 Å². The highest BCUT2D eigenvalue weighted by Gasteiger charge is 2.09. The van der Waals surface area contributed by atoms with Crippen molar-refractivity contribution in [3.8, 4) is 11.5 Å². The molecule has 0 spiro atoms. The molecule has 0 fully saturated rings. The molecule has 0 aliphatic carbocycles. The summed E-state index contributed by atoms with van der Waals surface area (Å²) in [7, 11) is 0. The maximum atomic E-state index is 5.98. The van der Waals surface area contributed by atoms with E-state index in [2.05, 4.69) is 15.9 Å². The predicted molar refractivity (Wildman–Crippen MR) is 89.2 cm³/mol. The van der Waals surface area contributed by atoms with Crippen molar-refractivity contribution >= 4 is 27.5 Å². The van der Waals surface area contributed by atoms with Gasteiger partial charge in [0.2, 0.25) is 0 Å². The van der Waals surface area contributed by atoms with Crippen LogP contribution in [0.15, 0.2) is 46.9 Å². The summed E-state index contributed by atoms with van der Waals surface area (Å²) in [6, 6.07) is 13.0. The maximum absolute atomic E-state index is 5.98. The molecule has 0 aliphatic rings. The van der Waals surface area contributed by atoms with E-state index in [0.717, 1.165) is 21.5 Å². The Bertz CT molecular complexity index is 605. The molecular formula is C16H17BrClNO2. The monoisotopic (exact) mass is 369 g/mol. The summed E-state index contributed by atoms with van der Waals surface area (Å²) in [6.07, 6.45) is 0. The quantitative estimate of drug-likeness (QED) is 0.757. The molecule has 2 rings (SSSR count). The van der Waals surface area contributed by atoms with Gasteiger partial charge in [0.1, 0.15) is 24.7 Å². The van der Waals surface area contributed by atoms with Crippen LogP contribution in [0, 0.1) is 0 Å². The molecule has 1 atom stereocenters. The van der Waals surface area contributed by atoms with Gasteiger partial charge in [0.15, 0.2) is 0 Å². The van der Waals surface area contributed by atoms with Gasteiger partial charge in [-0.15, -0.1) is 0 Å². The number of benzene rings is 2. The van der Waals surface area contributed by atoms with E-state index in [4.69, 9.17) is 26.8 Å². The van der Waals surface area contributed by atoms with Crippen molar-refractivity contribution in [2.75, 3.05) is 13.2 Å². The van der Waals surface area contributed by atoms with Gasteiger partial charge in [0, 0.05) is 21.1 Å². The number of halogens is 2. The van der Waals surface area contributed by atoms with Crippen LogP contribution in [0.25, 0.3) is 0 Å². The van der Waals surface area contributed by atoms with Gasteiger partial charge in [0.25, 0.3) is 0 Å². The number of hydrogen-bond donors (Lipinski definition) is 1. The van der Waals surface area contributed by atoms with Crippen LogP contribution >= 0.6 is 27.5 Å². The fourth-order valence-electron chi connectivity index (χ4n) is 1.87. The fraction of sp³-hybridized carbons (Fsp3) is 0.250. The number of rotatable bonds is 6. The Labute approximate surface area is 138 Å². The Hall–Kier alpha value is -1.23. The molecule has 3 nitrogen and oxygen atoms in total. The van der Waals surface area contributed by atoms with E-state index < -0.39 is 0 Å². The molecule has 0 aromatic heterocycles. The van der Waals surface area contributed by atoms with Gasteiger partial charge in [-0.05, 0) is 43.3 Å². The average Bonchev–Trinajstić information content (AvgIpc) is 2.44. The first-order valence-electron chi connectivity index (χ1n) is 6.62. The zero-order valence-electron chi connectivity index (χ0n) is 11.7. The average molecular weight is 371 g/mol. The maximum Gasteiger partial charge on any atom is 0.124 e. The Morgan fingerprint density at radius 2 is 1.90 bits per heavy atom. The molecule has 0 aliphatic heterocycles. The molecule has 2 N–H and O–H groups in total. The summed E-state index contributed by atoms with van der Waals surface area (Å²) < 4.78 is 12.3. The Balaban J connectivity index is 1.89. The molecule has 5 heteroatoms. The minimum absolute atomic E-state index is 0.135. The molecule has 1 unspecified atom stereocenters. The van der Waals surface area contributed by atoms with Gasteiger partial charge < -0.3 is 15.2 Å². The van der Waals surface area contributed by atoms with Crippen LogP contribution < -0.4 is 15.2 Å². The Kier molecular flexibility index (Phi) is 5.91. The van der Waals surface area contributed by atoms with Crippen molar-refractivity contribution in [2.24, 2.45) is 5.73 Å². The van der Waals surface area contributed by atoms with E-state index in [1.165, 1.54) is 0 Å². The summed E-state index contributed by atoms with van der Waals surface area (Å²) >= 11 is 9.38. The van der Waals surface area contributed by atoms with Crippen molar-refractivity contribution in [2.45, 2.75) is 13.0 Å². The summed E-state index contributed by atoms with van der Waals surface area (Å²) in [5.74, 6) is 1.55. The number of nitrogens with two attached hydrogens (primary N) is 1. The van der Waals surface area contributed by atoms with Gasteiger partial charge in [0.05, 0.1) is 0 Å². The minimum atomic E-state index is -0.135. The predicted octanol–water partition coefficient (Wildman–Crippen LogP) is 4.58. The smallest absolute Gasteiger partial charge is 0.124 e. The summed E-state index contributed by atoms with van der Waals surface area (Å²) in [6.45, 7) is 2.79. The third-order valence-corrected chi connectivity index (χ3v) is 3.60. The highest BCUT2D eigenvalue weighted by molar-refractivity contribution is 9.10. The lowest BCUT2D eigenvalue weighted by Crippen LogP contribution is -2.12. The second-order valence-corrected chi connectivity index (χ2v) is 5.98. The van der Waals surface area contributed by atoms with Crippen molar-refractivity contribution in [1.29, 1.82) is 0 Å². The summed E-state index contributed by atoms with van der Waals surface area (Å²) in [5.41, 5.74) is 6.81. The highest BCUT2D eigenvalue weighted by Crippen LogP contribution is 2.27. The first kappa shape index (κ1) is 16.1. The van der Waals surface area contributed by atoms with E-state index in [0.29, 0.717) is 18.2 Å². The van der Waals surface area contributed by atoms with Crippen LogP contribution in [0.4, 0.5) is 0 Å². The minimum Gasteiger partial charge on any atom is -0.490 e. The Morgan fingerprint density at radius 3 is 2.62 bits per heavy atom. The molecule has 21 heavy (non-hydrogen) atoms. The molecule has 0 saturated carbocycles. The van der Waals surface area contributed by atoms with Crippen LogP contribution in [0.2, 0.25) is 5.02 Å². The van der Waals surface area contributed by atoms with E-state index in [-0.39, 0.29) is 6.04 Å². The summed E-state index contributed by atoms with van der Waals surface area (Å²) in [4.78, 5) is 0. The van der Waals surface area contributed by atoms with Crippen LogP contribution in [-0.2, 0) is 0 Å². The van der Waals surface area contributed by atoms with Crippen molar-refractivity contribution in [3.63, 3.8) is 0 Å². The standard InChI is InChI=1S/C16H17BrClNO2/c1-11(19)15-10-13(18)5-6-16(15)21-8-7-20-14-4-2-3-12(17)9-14/h2-6,9-11H,7-8,19H2,1H3. The third-order valence-electron chi connectivity index (χ3n) is 2.87. The van der Waals surface area contributed by atoms with Crippen molar-refractivity contribution in [3.05, 3.63) is 57.5 Å². The number of hydrogen-bond acceptors (Lipinski definition) is 3. The molecule has 2 aromatic carbocycles. The van der Waals surface area contributed by atoms with E-state index >= 15 is 0 Å². The third kappa shape index (κ3) is 4.92. The van der Waals surface area contributed by atoms with Gasteiger partial charge >= 0.3 is 0 Å². The first-order chi connectivity index (χ1) is 10.1. The molecular weight excluding hydrogens is 354 g/mol. The van der Waals surface area contributed by atoms with E-state index in [1.54, 1.807) is 6.07 Å². The van der Waals surface area contributed by atoms with Crippen molar-refractivity contribution in [1.82, 2.24) is 0 Å². The molecule has 0 saturated heterocycles. The molecule has 0 radical (unpaired) electrons. The number of ether oxygens (including phenoxy) is 2. The van der Waals surface area contributed by atoms with Gasteiger partial charge in [-0.1, -0.05) is 33.6 Å². The molecule has 0 bridgehead atoms. The SMILES string of the molecule is CC(N)c1cc(Cl)ccc1OCCOc1cccc(Br)c1. The highest BCUT2D eigenvalue weighted by atomic mass is 79.9.